The molecule has 132 valence electrons. The van der Waals surface area contributed by atoms with Gasteiger partial charge in [0, 0.05) is 28.0 Å². The maximum atomic E-state index is 12.5. The zero-order valence-corrected chi connectivity index (χ0v) is 15.4. The van der Waals surface area contributed by atoms with Crippen molar-refractivity contribution < 1.29 is 9.59 Å². The van der Waals surface area contributed by atoms with Gasteiger partial charge in [0.05, 0.1) is 0 Å². The first-order valence-corrected chi connectivity index (χ1v) is 8.17. The normalized spacial score (nSPS) is 11.1. The second kappa shape index (κ2) is 6.97. The van der Waals surface area contributed by atoms with E-state index in [2.05, 4.69) is 10.6 Å². The van der Waals surface area contributed by atoms with Crippen LogP contribution >= 0.6 is 0 Å². The van der Waals surface area contributed by atoms with Gasteiger partial charge < -0.3 is 16.4 Å². The van der Waals surface area contributed by atoms with Crippen LogP contribution in [-0.4, -0.2) is 11.8 Å². The Morgan fingerprint density at radius 2 is 1.56 bits per heavy atom. The van der Waals surface area contributed by atoms with Crippen molar-refractivity contribution in [2.45, 2.75) is 34.6 Å². The fourth-order valence-corrected chi connectivity index (χ4v) is 2.23. The van der Waals surface area contributed by atoms with Crippen LogP contribution in [0.5, 0.6) is 0 Å². The Morgan fingerprint density at radius 3 is 2.20 bits per heavy atom. The number of carbonyl (C=O) groups is 2. The Hall–Kier alpha value is -2.82. The van der Waals surface area contributed by atoms with Crippen LogP contribution in [0, 0.1) is 19.3 Å². The lowest BCUT2D eigenvalue weighted by Gasteiger charge is -2.19. The van der Waals surface area contributed by atoms with Gasteiger partial charge in [-0.1, -0.05) is 32.9 Å². The Morgan fingerprint density at radius 1 is 0.920 bits per heavy atom. The molecule has 2 amide bonds. The van der Waals surface area contributed by atoms with E-state index in [1.165, 1.54) is 0 Å². The van der Waals surface area contributed by atoms with E-state index in [-0.39, 0.29) is 11.8 Å². The van der Waals surface area contributed by atoms with Crippen molar-refractivity contribution in [3.05, 3.63) is 53.1 Å². The van der Waals surface area contributed by atoms with E-state index in [0.29, 0.717) is 22.6 Å². The van der Waals surface area contributed by atoms with Gasteiger partial charge in [-0.3, -0.25) is 9.59 Å². The lowest BCUT2D eigenvalue weighted by molar-refractivity contribution is -0.123. The third kappa shape index (κ3) is 4.59. The number of hydrogen-bond donors (Lipinski definition) is 3. The van der Waals surface area contributed by atoms with Crippen LogP contribution < -0.4 is 16.4 Å². The molecule has 0 saturated heterocycles. The highest BCUT2D eigenvalue weighted by atomic mass is 16.2. The summed E-state index contributed by atoms with van der Waals surface area (Å²) in [4.78, 5) is 24.7. The first kappa shape index (κ1) is 18.5. The summed E-state index contributed by atoms with van der Waals surface area (Å²) in [5.41, 5.74) is 9.41. The van der Waals surface area contributed by atoms with Gasteiger partial charge in [0.15, 0.2) is 0 Å². The molecule has 2 aromatic carbocycles. The minimum absolute atomic E-state index is 0.0780. The molecule has 25 heavy (non-hydrogen) atoms. The molecule has 0 radical (unpaired) electrons. The third-order valence-corrected chi connectivity index (χ3v) is 3.93. The van der Waals surface area contributed by atoms with E-state index in [4.69, 9.17) is 5.73 Å². The topological polar surface area (TPSA) is 84.2 Å². The highest BCUT2D eigenvalue weighted by Gasteiger charge is 2.22. The molecule has 5 heteroatoms. The maximum absolute atomic E-state index is 12.5. The van der Waals surface area contributed by atoms with Crippen molar-refractivity contribution in [1.29, 1.82) is 0 Å². The van der Waals surface area contributed by atoms with Crippen molar-refractivity contribution in [3.8, 4) is 0 Å². The Labute approximate surface area is 148 Å². The van der Waals surface area contributed by atoms with Crippen LogP contribution in [-0.2, 0) is 4.79 Å². The number of nitrogen functional groups attached to an aromatic ring is 1. The molecular formula is C20H25N3O2. The zero-order valence-electron chi connectivity index (χ0n) is 15.4. The smallest absolute Gasteiger partial charge is 0.256 e. The molecule has 0 unspecified atom stereocenters. The van der Waals surface area contributed by atoms with E-state index in [1.54, 1.807) is 18.2 Å². The molecule has 0 fully saturated rings. The summed E-state index contributed by atoms with van der Waals surface area (Å²) < 4.78 is 0. The van der Waals surface area contributed by atoms with Gasteiger partial charge in [0.25, 0.3) is 5.91 Å². The van der Waals surface area contributed by atoms with E-state index in [9.17, 15) is 9.59 Å². The molecule has 0 atom stereocenters. The molecule has 0 aromatic heterocycles. The monoisotopic (exact) mass is 339 g/mol. The minimum Gasteiger partial charge on any atom is -0.399 e. The highest BCUT2D eigenvalue weighted by molar-refractivity contribution is 6.06. The van der Waals surface area contributed by atoms with Crippen LogP contribution in [0.3, 0.4) is 0 Å². The van der Waals surface area contributed by atoms with Crippen LogP contribution in [0.1, 0.15) is 42.3 Å². The number of aryl methyl sites for hydroxylation is 2. The zero-order chi connectivity index (χ0) is 18.8. The van der Waals surface area contributed by atoms with E-state index < -0.39 is 5.41 Å². The summed E-state index contributed by atoms with van der Waals surface area (Å²) in [6.07, 6.45) is 0. The van der Waals surface area contributed by atoms with Crippen LogP contribution in [0.2, 0.25) is 0 Å². The molecule has 0 spiro atoms. The molecule has 0 bridgehead atoms. The molecule has 0 aliphatic rings. The minimum atomic E-state index is -0.496. The molecule has 0 aliphatic carbocycles. The Bertz CT molecular complexity index is 820. The summed E-state index contributed by atoms with van der Waals surface area (Å²) in [5, 5.41) is 5.77. The number of nitrogens with two attached hydrogens (primary N) is 1. The lowest BCUT2D eigenvalue weighted by atomic mass is 9.95. The summed E-state index contributed by atoms with van der Waals surface area (Å²) in [7, 11) is 0. The van der Waals surface area contributed by atoms with Crippen molar-refractivity contribution in [2.75, 3.05) is 16.4 Å². The number of benzene rings is 2. The fraction of sp³-hybridized carbons (Fsp3) is 0.300. The molecule has 5 nitrogen and oxygen atoms in total. The second-order valence-corrected chi connectivity index (χ2v) is 7.26. The maximum Gasteiger partial charge on any atom is 0.256 e. The predicted molar refractivity (Wildman–Crippen MR) is 103 cm³/mol. The van der Waals surface area contributed by atoms with Crippen molar-refractivity contribution in [2.24, 2.45) is 5.41 Å². The largest absolute Gasteiger partial charge is 0.399 e. The quantitative estimate of drug-likeness (QED) is 0.735. The number of carbonyl (C=O) groups excluding carboxylic acids is 2. The number of anilines is 3. The van der Waals surface area contributed by atoms with Gasteiger partial charge in [0.2, 0.25) is 5.91 Å². The number of rotatable bonds is 3. The first-order valence-electron chi connectivity index (χ1n) is 8.17. The number of amides is 2. The molecule has 0 heterocycles. The van der Waals surface area contributed by atoms with Crippen molar-refractivity contribution in [3.63, 3.8) is 0 Å². The molecule has 0 aliphatic heterocycles. The van der Waals surface area contributed by atoms with E-state index >= 15 is 0 Å². The first-order chi connectivity index (χ1) is 11.6. The number of nitrogens with one attached hydrogen (secondary N) is 2. The number of hydrogen-bond acceptors (Lipinski definition) is 3. The fourth-order valence-electron chi connectivity index (χ4n) is 2.23. The summed E-state index contributed by atoms with van der Waals surface area (Å²) in [6, 6.07) is 10.7. The second-order valence-electron chi connectivity index (χ2n) is 7.26. The van der Waals surface area contributed by atoms with Gasteiger partial charge in [-0.05, 0) is 49.2 Å². The standard InChI is InChI=1S/C20H25N3O2/c1-12-6-8-14(21)10-16(12)18(24)22-15-9-7-13(2)17(11-15)23-19(25)20(3,4)5/h6-11H,21H2,1-5H3,(H,22,24)(H,23,25). The average molecular weight is 339 g/mol. The molecule has 2 aromatic rings. The van der Waals surface area contributed by atoms with Gasteiger partial charge in [-0.25, -0.2) is 0 Å². The van der Waals surface area contributed by atoms with E-state index in [0.717, 1.165) is 11.1 Å². The molecular weight excluding hydrogens is 314 g/mol. The van der Waals surface area contributed by atoms with E-state index in [1.807, 2.05) is 52.8 Å². The summed E-state index contributed by atoms with van der Waals surface area (Å²) in [5.74, 6) is -0.312. The van der Waals surface area contributed by atoms with Crippen LogP contribution in [0.4, 0.5) is 17.1 Å². The Kier molecular flexibility index (Phi) is 5.16. The lowest BCUT2D eigenvalue weighted by Crippen LogP contribution is -2.28. The highest BCUT2D eigenvalue weighted by Crippen LogP contribution is 2.24. The third-order valence-electron chi connectivity index (χ3n) is 3.93. The van der Waals surface area contributed by atoms with Gasteiger partial charge in [-0.2, -0.15) is 0 Å². The van der Waals surface area contributed by atoms with Crippen LogP contribution in [0.15, 0.2) is 36.4 Å². The summed E-state index contributed by atoms with van der Waals surface area (Å²) >= 11 is 0. The predicted octanol–water partition coefficient (Wildman–Crippen LogP) is 4.12. The van der Waals surface area contributed by atoms with Crippen LogP contribution in [0.25, 0.3) is 0 Å². The molecule has 2 rings (SSSR count). The molecule has 0 saturated carbocycles. The molecule has 4 N–H and O–H groups in total. The Balaban J connectivity index is 2.23. The van der Waals surface area contributed by atoms with Gasteiger partial charge in [-0.15, -0.1) is 0 Å². The van der Waals surface area contributed by atoms with Crippen molar-refractivity contribution >= 4 is 28.9 Å². The SMILES string of the molecule is Cc1ccc(NC(=O)c2cc(N)ccc2C)cc1NC(=O)C(C)(C)C. The van der Waals surface area contributed by atoms with Gasteiger partial charge >= 0.3 is 0 Å². The van der Waals surface area contributed by atoms with Crippen molar-refractivity contribution in [1.82, 2.24) is 0 Å². The average Bonchev–Trinajstić information content (AvgIpc) is 2.51. The van der Waals surface area contributed by atoms with Gasteiger partial charge in [0.1, 0.15) is 0 Å². The summed E-state index contributed by atoms with van der Waals surface area (Å²) in [6.45, 7) is 9.33.